The topological polar surface area (TPSA) is 38.0 Å². The quantitative estimate of drug-likeness (QED) is 0.470. The highest BCUT2D eigenvalue weighted by Gasteiger charge is 2.25. The summed E-state index contributed by atoms with van der Waals surface area (Å²) in [5.74, 6) is -0.405. The van der Waals surface area contributed by atoms with E-state index in [1.165, 1.54) is 6.07 Å². The van der Waals surface area contributed by atoms with Crippen molar-refractivity contribution in [2.45, 2.75) is 32.0 Å². The number of nitrogens with one attached hydrogen (secondary N) is 1. The summed E-state index contributed by atoms with van der Waals surface area (Å²) in [6.45, 7) is 0.720. The number of hydrogen-bond donors (Lipinski definition) is 2. The second-order valence-electron chi connectivity index (χ2n) is 4.10. The molecule has 0 radical (unpaired) electrons. The first-order valence-corrected chi connectivity index (χ1v) is 5.70. The lowest BCUT2D eigenvalue weighted by Crippen LogP contribution is -2.16. The normalized spacial score (nSPS) is 11.8. The molecule has 6 heteroatoms. The molecule has 0 unspecified atom stereocenters. The third kappa shape index (κ3) is 5.86. The van der Waals surface area contributed by atoms with Crippen LogP contribution in [0.3, 0.4) is 0 Å². The van der Waals surface area contributed by atoms with Gasteiger partial charge in [-0.05, 0) is 31.5 Å². The molecular weight excluding hydrogens is 248 g/mol. The first-order chi connectivity index (χ1) is 8.38. The van der Waals surface area contributed by atoms with Crippen LogP contribution in [0.2, 0.25) is 0 Å². The van der Waals surface area contributed by atoms with Crippen LogP contribution < -0.4 is 11.1 Å². The molecular formula is C12H16F4N2. The molecule has 0 amide bonds. The van der Waals surface area contributed by atoms with Crippen molar-refractivity contribution in [3.63, 3.8) is 0 Å². The molecule has 3 N–H and O–H groups in total. The van der Waals surface area contributed by atoms with Crippen LogP contribution in [0.15, 0.2) is 18.2 Å². The molecule has 102 valence electrons. The lowest BCUT2D eigenvalue weighted by molar-refractivity contribution is -0.135. The van der Waals surface area contributed by atoms with Crippen LogP contribution in [-0.4, -0.2) is 12.7 Å². The van der Waals surface area contributed by atoms with E-state index in [0.29, 0.717) is 24.2 Å². The molecule has 1 aromatic rings. The number of nitrogen functional groups attached to an aromatic ring is 1. The van der Waals surface area contributed by atoms with Crippen molar-refractivity contribution in [2.24, 2.45) is 0 Å². The average Bonchev–Trinajstić information content (AvgIpc) is 2.24. The number of benzene rings is 1. The van der Waals surface area contributed by atoms with Gasteiger partial charge in [0.05, 0.1) is 0 Å². The molecule has 0 aliphatic carbocycles. The maximum atomic E-state index is 13.3. The number of hydrogen-bond acceptors (Lipinski definition) is 2. The average molecular weight is 264 g/mol. The highest BCUT2D eigenvalue weighted by Crippen LogP contribution is 2.21. The van der Waals surface area contributed by atoms with Crippen LogP contribution in [0.1, 0.15) is 24.8 Å². The summed E-state index contributed by atoms with van der Waals surface area (Å²) in [6.07, 6.45) is -4.37. The van der Waals surface area contributed by atoms with Crippen molar-refractivity contribution in [3.05, 3.63) is 29.6 Å². The van der Waals surface area contributed by atoms with Crippen LogP contribution in [0, 0.1) is 5.82 Å². The van der Waals surface area contributed by atoms with Gasteiger partial charge in [-0.25, -0.2) is 4.39 Å². The summed E-state index contributed by atoms with van der Waals surface area (Å²) in [5.41, 5.74) is 6.20. The minimum absolute atomic E-state index is 0.0840. The molecule has 0 saturated carbocycles. The molecule has 1 rings (SSSR count). The number of unbranched alkanes of at least 4 members (excludes halogenated alkanes) is 1. The number of nitrogens with two attached hydrogens (primary N) is 1. The molecule has 2 nitrogen and oxygen atoms in total. The molecule has 0 saturated heterocycles. The minimum Gasteiger partial charge on any atom is -0.399 e. The molecule has 1 aromatic carbocycles. The molecule has 0 fully saturated rings. The molecule has 0 bridgehead atoms. The van der Waals surface area contributed by atoms with Crippen LogP contribution in [0.25, 0.3) is 0 Å². The Morgan fingerprint density at radius 2 is 1.89 bits per heavy atom. The lowest BCUT2D eigenvalue weighted by atomic mass is 10.2. The largest absolute Gasteiger partial charge is 0.399 e. The zero-order valence-corrected chi connectivity index (χ0v) is 9.86. The van der Waals surface area contributed by atoms with Gasteiger partial charge in [0.15, 0.2) is 0 Å². The molecule has 0 aliphatic rings. The van der Waals surface area contributed by atoms with Crippen molar-refractivity contribution in [2.75, 3.05) is 12.3 Å². The lowest BCUT2D eigenvalue weighted by Gasteiger charge is -2.08. The maximum absolute atomic E-state index is 13.3. The van der Waals surface area contributed by atoms with Gasteiger partial charge in [-0.3, -0.25) is 0 Å². The van der Waals surface area contributed by atoms with Gasteiger partial charge in [-0.2, -0.15) is 13.2 Å². The molecule has 0 aromatic heterocycles. The minimum atomic E-state index is -4.09. The van der Waals surface area contributed by atoms with Crippen molar-refractivity contribution >= 4 is 5.69 Å². The fraction of sp³-hybridized carbons (Fsp3) is 0.500. The summed E-state index contributed by atoms with van der Waals surface area (Å²) in [7, 11) is 0. The van der Waals surface area contributed by atoms with Crippen LogP contribution >= 0.6 is 0 Å². The summed E-state index contributed by atoms with van der Waals surface area (Å²) >= 11 is 0. The highest BCUT2D eigenvalue weighted by atomic mass is 19.4. The van der Waals surface area contributed by atoms with Gasteiger partial charge in [0.2, 0.25) is 0 Å². The van der Waals surface area contributed by atoms with Crippen molar-refractivity contribution in [1.29, 1.82) is 0 Å². The first kappa shape index (κ1) is 14.8. The van der Waals surface area contributed by atoms with Gasteiger partial charge in [-0.15, -0.1) is 0 Å². The van der Waals surface area contributed by atoms with Gasteiger partial charge < -0.3 is 11.1 Å². The molecule has 0 atom stereocenters. The predicted octanol–water partition coefficient (Wildman–Crippen LogP) is 3.23. The summed E-state index contributed by atoms with van der Waals surface area (Å²) < 4.78 is 48.8. The number of anilines is 1. The standard InChI is InChI=1S/C12H16F4N2/c13-11-7-10(17)4-3-9(11)8-18-6-2-1-5-12(14,15)16/h3-4,7,18H,1-2,5-6,8,17H2. The van der Waals surface area contributed by atoms with E-state index in [4.69, 9.17) is 5.73 Å². The third-order valence-electron chi connectivity index (χ3n) is 2.46. The molecule has 0 heterocycles. The number of alkyl halides is 3. The van der Waals surface area contributed by atoms with Crippen LogP contribution in [0.5, 0.6) is 0 Å². The van der Waals surface area contributed by atoms with E-state index in [0.717, 1.165) is 0 Å². The van der Waals surface area contributed by atoms with E-state index < -0.39 is 18.4 Å². The summed E-state index contributed by atoms with van der Waals surface area (Å²) in [5, 5.41) is 2.90. The second kappa shape index (κ2) is 6.58. The molecule has 0 aliphatic heterocycles. The second-order valence-corrected chi connectivity index (χ2v) is 4.10. The maximum Gasteiger partial charge on any atom is 0.389 e. The predicted molar refractivity (Wildman–Crippen MR) is 62.4 cm³/mol. The zero-order valence-electron chi connectivity index (χ0n) is 9.86. The van der Waals surface area contributed by atoms with E-state index in [1.807, 2.05) is 0 Å². The van der Waals surface area contributed by atoms with Crippen LogP contribution in [-0.2, 0) is 6.54 Å². The van der Waals surface area contributed by atoms with E-state index in [9.17, 15) is 17.6 Å². The summed E-state index contributed by atoms with van der Waals surface area (Å²) in [6, 6.07) is 4.37. The van der Waals surface area contributed by atoms with Gasteiger partial charge >= 0.3 is 6.18 Å². The third-order valence-corrected chi connectivity index (χ3v) is 2.46. The van der Waals surface area contributed by atoms with Crippen molar-refractivity contribution in [1.82, 2.24) is 5.32 Å². The monoisotopic (exact) mass is 264 g/mol. The van der Waals surface area contributed by atoms with Gasteiger partial charge in [0.25, 0.3) is 0 Å². The number of rotatable bonds is 6. The highest BCUT2D eigenvalue weighted by molar-refractivity contribution is 5.40. The van der Waals surface area contributed by atoms with Gasteiger partial charge in [0, 0.05) is 24.2 Å². The Balaban J connectivity index is 2.18. The SMILES string of the molecule is Nc1ccc(CNCCCCC(F)(F)F)c(F)c1. The Kier molecular flexibility index (Phi) is 5.40. The van der Waals surface area contributed by atoms with E-state index >= 15 is 0 Å². The Labute approximate surface area is 103 Å². The Morgan fingerprint density at radius 3 is 2.50 bits per heavy atom. The Bertz CT molecular complexity index is 377. The van der Waals surface area contributed by atoms with E-state index in [2.05, 4.69) is 5.32 Å². The van der Waals surface area contributed by atoms with E-state index in [1.54, 1.807) is 12.1 Å². The summed E-state index contributed by atoms with van der Waals surface area (Å²) in [4.78, 5) is 0. The van der Waals surface area contributed by atoms with Crippen molar-refractivity contribution in [3.8, 4) is 0 Å². The van der Waals surface area contributed by atoms with E-state index in [-0.39, 0.29) is 13.0 Å². The van der Waals surface area contributed by atoms with Crippen molar-refractivity contribution < 1.29 is 17.6 Å². The van der Waals surface area contributed by atoms with Crippen LogP contribution in [0.4, 0.5) is 23.2 Å². The molecule has 18 heavy (non-hydrogen) atoms. The molecule has 0 spiro atoms. The van der Waals surface area contributed by atoms with Gasteiger partial charge in [0.1, 0.15) is 5.82 Å². The smallest absolute Gasteiger partial charge is 0.389 e. The van der Waals surface area contributed by atoms with Gasteiger partial charge in [-0.1, -0.05) is 6.07 Å². The first-order valence-electron chi connectivity index (χ1n) is 5.70. The Hall–Kier alpha value is -1.30. The fourth-order valence-electron chi connectivity index (χ4n) is 1.51. The Morgan fingerprint density at radius 1 is 1.17 bits per heavy atom. The fourth-order valence-corrected chi connectivity index (χ4v) is 1.51. The number of halogens is 4. The zero-order chi connectivity index (χ0) is 13.6.